The average molecular weight is 254 g/mol. The second kappa shape index (κ2) is 5.06. The van der Waals surface area contributed by atoms with Gasteiger partial charge in [-0.05, 0) is 24.1 Å². The minimum atomic E-state index is -3.16. The highest BCUT2D eigenvalue weighted by atomic mass is 32.2. The van der Waals surface area contributed by atoms with Gasteiger partial charge in [-0.3, -0.25) is 4.31 Å². The van der Waals surface area contributed by atoms with E-state index in [0.717, 1.165) is 12.1 Å². The van der Waals surface area contributed by atoms with Crippen LogP contribution in [0.4, 0.5) is 5.69 Å². The maximum Gasteiger partial charge on any atom is 0.236 e. The van der Waals surface area contributed by atoms with Crippen molar-refractivity contribution in [2.45, 2.75) is 13.3 Å². The van der Waals surface area contributed by atoms with Gasteiger partial charge in [0, 0.05) is 19.6 Å². The molecule has 0 saturated carbocycles. The van der Waals surface area contributed by atoms with Crippen LogP contribution >= 0.6 is 0 Å². The molecule has 2 rings (SSSR count). The Morgan fingerprint density at radius 2 is 1.94 bits per heavy atom. The van der Waals surface area contributed by atoms with Gasteiger partial charge in [-0.2, -0.15) is 0 Å². The number of rotatable bonds is 2. The molecule has 0 radical (unpaired) electrons. The molecule has 0 aliphatic carbocycles. The normalized spacial score (nSPS) is 19.9. The molecular weight excluding hydrogens is 236 g/mol. The fourth-order valence-electron chi connectivity index (χ4n) is 1.94. The molecule has 0 bridgehead atoms. The van der Waals surface area contributed by atoms with E-state index in [1.807, 2.05) is 24.3 Å². The zero-order valence-electron chi connectivity index (χ0n) is 10.0. The molecule has 4 nitrogen and oxygen atoms in total. The highest BCUT2D eigenvalue weighted by Gasteiger charge is 2.23. The van der Waals surface area contributed by atoms with Crippen molar-refractivity contribution < 1.29 is 8.42 Å². The van der Waals surface area contributed by atoms with Gasteiger partial charge in [-0.15, -0.1) is 0 Å². The highest BCUT2D eigenvalue weighted by Crippen LogP contribution is 2.19. The van der Waals surface area contributed by atoms with E-state index >= 15 is 0 Å². The van der Waals surface area contributed by atoms with Crippen LogP contribution in [-0.2, 0) is 16.4 Å². The molecule has 1 aromatic rings. The van der Waals surface area contributed by atoms with E-state index in [1.165, 1.54) is 9.87 Å². The number of sulfonamides is 1. The molecule has 1 fully saturated rings. The zero-order valence-corrected chi connectivity index (χ0v) is 10.8. The lowest BCUT2D eigenvalue weighted by atomic mass is 10.1. The number of benzene rings is 1. The predicted molar refractivity (Wildman–Crippen MR) is 69.8 cm³/mol. The van der Waals surface area contributed by atoms with E-state index in [2.05, 4.69) is 12.2 Å². The Kier molecular flexibility index (Phi) is 3.69. The summed E-state index contributed by atoms with van der Waals surface area (Å²) < 4.78 is 25.6. The first kappa shape index (κ1) is 12.4. The summed E-state index contributed by atoms with van der Waals surface area (Å²) in [4.78, 5) is 0. The second-order valence-corrected chi connectivity index (χ2v) is 6.17. The lowest BCUT2D eigenvalue weighted by Gasteiger charge is -2.21. The standard InChI is InChI=1S/C12H18N2O2S/c1-2-11-3-5-12(6-4-11)14-9-7-13-8-10-17(14,15)16/h3-6,13H,2,7-10H2,1H3. The molecule has 1 heterocycles. The summed E-state index contributed by atoms with van der Waals surface area (Å²) in [6, 6.07) is 7.76. The van der Waals surface area contributed by atoms with Crippen LogP contribution in [-0.4, -0.2) is 33.8 Å². The Labute approximate surface area is 103 Å². The van der Waals surface area contributed by atoms with Crippen molar-refractivity contribution in [3.05, 3.63) is 29.8 Å². The number of hydrogen-bond donors (Lipinski definition) is 1. The van der Waals surface area contributed by atoms with Gasteiger partial charge < -0.3 is 5.32 Å². The zero-order chi connectivity index (χ0) is 12.3. The molecule has 0 unspecified atom stereocenters. The third-order valence-corrected chi connectivity index (χ3v) is 4.78. The average Bonchev–Trinajstić information content (AvgIpc) is 2.50. The lowest BCUT2D eigenvalue weighted by molar-refractivity contribution is 0.594. The highest BCUT2D eigenvalue weighted by molar-refractivity contribution is 7.92. The summed E-state index contributed by atoms with van der Waals surface area (Å²) in [6.07, 6.45) is 0.967. The van der Waals surface area contributed by atoms with Crippen molar-refractivity contribution in [3.63, 3.8) is 0 Å². The van der Waals surface area contributed by atoms with Crippen LogP contribution in [0.15, 0.2) is 24.3 Å². The van der Waals surface area contributed by atoms with Crippen molar-refractivity contribution in [2.75, 3.05) is 29.7 Å². The molecule has 1 aromatic carbocycles. The summed E-state index contributed by atoms with van der Waals surface area (Å²) in [5.74, 6) is 0.169. The van der Waals surface area contributed by atoms with Gasteiger partial charge in [0.15, 0.2) is 0 Å². The van der Waals surface area contributed by atoms with Crippen LogP contribution in [0, 0.1) is 0 Å². The SMILES string of the molecule is CCc1ccc(N2CCNCCS2(=O)=O)cc1. The first-order valence-corrected chi connectivity index (χ1v) is 7.54. The number of nitrogens with zero attached hydrogens (tertiary/aromatic N) is 1. The molecule has 94 valence electrons. The third-order valence-electron chi connectivity index (χ3n) is 3.00. The minimum absolute atomic E-state index is 0.169. The first-order chi connectivity index (χ1) is 8.13. The maximum absolute atomic E-state index is 12.0. The number of aryl methyl sites for hydroxylation is 1. The van der Waals surface area contributed by atoms with Gasteiger partial charge >= 0.3 is 0 Å². The fourth-order valence-corrected chi connectivity index (χ4v) is 3.38. The van der Waals surface area contributed by atoms with E-state index in [0.29, 0.717) is 19.6 Å². The van der Waals surface area contributed by atoms with E-state index in [9.17, 15) is 8.42 Å². The molecule has 0 aromatic heterocycles. The molecule has 1 aliphatic rings. The van der Waals surface area contributed by atoms with Crippen LogP contribution in [0.25, 0.3) is 0 Å². The largest absolute Gasteiger partial charge is 0.314 e. The van der Waals surface area contributed by atoms with Crippen molar-refractivity contribution in [1.82, 2.24) is 5.32 Å². The van der Waals surface area contributed by atoms with E-state index in [1.54, 1.807) is 0 Å². The van der Waals surface area contributed by atoms with Crippen LogP contribution in [0.3, 0.4) is 0 Å². The molecule has 0 spiro atoms. The molecule has 0 atom stereocenters. The molecule has 5 heteroatoms. The summed E-state index contributed by atoms with van der Waals surface area (Å²) in [5.41, 5.74) is 1.99. The molecular formula is C12H18N2O2S. The molecule has 1 aliphatic heterocycles. The van der Waals surface area contributed by atoms with Gasteiger partial charge in [0.2, 0.25) is 10.0 Å². The lowest BCUT2D eigenvalue weighted by Crippen LogP contribution is -2.33. The van der Waals surface area contributed by atoms with Crippen LogP contribution < -0.4 is 9.62 Å². The van der Waals surface area contributed by atoms with E-state index in [-0.39, 0.29) is 5.75 Å². The molecule has 0 amide bonds. The topological polar surface area (TPSA) is 49.4 Å². The van der Waals surface area contributed by atoms with Crippen LogP contribution in [0.1, 0.15) is 12.5 Å². The second-order valence-electron chi connectivity index (χ2n) is 4.16. The fraction of sp³-hybridized carbons (Fsp3) is 0.500. The summed E-state index contributed by atoms with van der Waals surface area (Å²) in [5, 5.41) is 3.10. The maximum atomic E-state index is 12.0. The van der Waals surface area contributed by atoms with Gasteiger partial charge in [0.1, 0.15) is 0 Å². The summed E-state index contributed by atoms with van der Waals surface area (Å²) in [7, 11) is -3.16. The Balaban J connectivity index is 2.29. The first-order valence-electron chi connectivity index (χ1n) is 5.93. The van der Waals surface area contributed by atoms with Crippen molar-refractivity contribution in [2.24, 2.45) is 0 Å². The van der Waals surface area contributed by atoms with Gasteiger partial charge in [-0.1, -0.05) is 19.1 Å². The molecule has 17 heavy (non-hydrogen) atoms. The van der Waals surface area contributed by atoms with Gasteiger partial charge in [0.05, 0.1) is 11.4 Å². The predicted octanol–water partition coefficient (Wildman–Crippen LogP) is 0.988. The number of nitrogens with one attached hydrogen (secondary N) is 1. The summed E-state index contributed by atoms with van der Waals surface area (Å²) >= 11 is 0. The Morgan fingerprint density at radius 3 is 2.59 bits per heavy atom. The Hall–Kier alpha value is -1.07. The number of hydrogen-bond acceptors (Lipinski definition) is 3. The quantitative estimate of drug-likeness (QED) is 0.856. The summed E-state index contributed by atoms with van der Waals surface area (Å²) in [6.45, 7) is 3.83. The van der Waals surface area contributed by atoms with E-state index < -0.39 is 10.0 Å². The van der Waals surface area contributed by atoms with Crippen molar-refractivity contribution >= 4 is 15.7 Å². The Morgan fingerprint density at radius 1 is 1.24 bits per heavy atom. The smallest absolute Gasteiger partial charge is 0.236 e. The van der Waals surface area contributed by atoms with Crippen LogP contribution in [0.2, 0.25) is 0 Å². The third kappa shape index (κ3) is 2.79. The van der Waals surface area contributed by atoms with Crippen LogP contribution in [0.5, 0.6) is 0 Å². The number of anilines is 1. The van der Waals surface area contributed by atoms with E-state index in [4.69, 9.17) is 0 Å². The van der Waals surface area contributed by atoms with Gasteiger partial charge in [0.25, 0.3) is 0 Å². The molecule has 1 saturated heterocycles. The van der Waals surface area contributed by atoms with Crippen molar-refractivity contribution in [1.29, 1.82) is 0 Å². The van der Waals surface area contributed by atoms with Crippen molar-refractivity contribution in [3.8, 4) is 0 Å². The minimum Gasteiger partial charge on any atom is -0.314 e. The molecule has 1 N–H and O–H groups in total. The Bertz CT molecular complexity index is 468. The monoisotopic (exact) mass is 254 g/mol. The van der Waals surface area contributed by atoms with Gasteiger partial charge in [-0.25, -0.2) is 8.42 Å².